The second kappa shape index (κ2) is 20.4. The standard InChI is InChI=1S/C16H27N2.2C5H10O.Sn/c1-4-7-10-14-13-17-16(12-9-6-3)18-15(14)11-8-5-2;2*1-2-4-6-5-3-1;/h4-12H2,1-3H3;2*1-5H2;. The Kier molecular flexibility index (Phi) is 19.0. The molecule has 0 atom stereocenters. The first-order valence-corrected chi connectivity index (χ1v) is 14.4. The Hall–Kier alpha value is -0.201. The van der Waals surface area contributed by atoms with Gasteiger partial charge in [-0.15, -0.1) is 0 Å². The molecule has 0 aromatic carbocycles. The van der Waals surface area contributed by atoms with Crippen molar-refractivity contribution in [2.75, 3.05) is 26.4 Å². The van der Waals surface area contributed by atoms with Crippen molar-refractivity contribution in [3.05, 3.63) is 17.1 Å². The van der Waals surface area contributed by atoms with Gasteiger partial charge in [0.25, 0.3) is 0 Å². The Balaban J connectivity index is 0.000000320. The predicted octanol–water partition coefficient (Wildman–Crippen LogP) is 5.67. The molecule has 177 valence electrons. The van der Waals surface area contributed by atoms with E-state index in [4.69, 9.17) is 19.4 Å². The average molecular weight is 538 g/mol. The van der Waals surface area contributed by atoms with Crippen LogP contribution in [0.1, 0.15) is 115 Å². The molecule has 31 heavy (non-hydrogen) atoms. The van der Waals surface area contributed by atoms with Crippen molar-refractivity contribution in [2.24, 2.45) is 0 Å². The minimum atomic E-state index is 1.00. The van der Waals surface area contributed by atoms with Crippen LogP contribution < -0.4 is 3.71 Å². The van der Waals surface area contributed by atoms with Gasteiger partial charge in [-0.3, -0.25) is 0 Å². The number of unbranched alkanes of at least 4 members (excludes halogenated alkanes) is 3. The summed E-state index contributed by atoms with van der Waals surface area (Å²) in [6.07, 6.45) is 18.6. The number of hydrogen-bond acceptors (Lipinski definition) is 4. The molecule has 2 fully saturated rings. The molecule has 0 bridgehead atoms. The molecule has 0 amide bonds. The van der Waals surface area contributed by atoms with Gasteiger partial charge in [-0.2, -0.15) is 0 Å². The third-order valence-corrected chi connectivity index (χ3v) is 6.78. The molecule has 2 aliphatic rings. The van der Waals surface area contributed by atoms with Crippen LogP contribution in [0.4, 0.5) is 0 Å². The van der Waals surface area contributed by atoms with Crippen LogP contribution in [0.25, 0.3) is 0 Å². The molecule has 4 nitrogen and oxygen atoms in total. The van der Waals surface area contributed by atoms with Gasteiger partial charge in [0.15, 0.2) is 0 Å². The van der Waals surface area contributed by atoms with E-state index >= 15 is 0 Å². The topological polar surface area (TPSA) is 44.2 Å². The first-order valence-electron chi connectivity index (χ1n) is 13.0. The third-order valence-electron chi connectivity index (χ3n) is 5.60. The number of rotatable bonds is 9. The average Bonchev–Trinajstić information content (AvgIpc) is 2.83. The molecule has 3 radical (unpaired) electrons. The van der Waals surface area contributed by atoms with E-state index in [1.54, 1.807) is 0 Å². The molecule has 0 spiro atoms. The van der Waals surface area contributed by atoms with E-state index in [1.807, 2.05) is 0 Å². The van der Waals surface area contributed by atoms with E-state index in [2.05, 4.69) is 20.8 Å². The Morgan fingerprint density at radius 2 is 1.13 bits per heavy atom. The summed E-state index contributed by atoms with van der Waals surface area (Å²) in [5, 5.41) is 0. The molecular weight excluding hydrogens is 491 g/mol. The number of hydrogen-bond donors (Lipinski definition) is 0. The molecule has 2 aliphatic heterocycles. The Labute approximate surface area is 205 Å². The van der Waals surface area contributed by atoms with E-state index in [-0.39, 0.29) is 0 Å². The molecular formula is C26H47N2O2Sn. The van der Waals surface area contributed by atoms with E-state index in [1.165, 1.54) is 121 Å². The van der Waals surface area contributed by atoms with Crippen molar-refractivity contribution in [2.45, 2.75) is 117 Å². The zero-order chi connectivity index (χ0) is 22.6. The Morgan fingerprint density at radius 1 is 0.645 bits per heavy atom. The predicted molar refractivity (Wildman–Crippen MR) is 133 cm³/mol. The van der Waals surface area contributed by atoms with Gasteiger partial charge < -0.3 is 9.47 Å². The van der Waals surface area contributed by atoms with Crippen LogP contribution in [0.3, 0.4) is 0 Å². The number of ether oxygens (including phenoxy) is 2. The van der Waals surface area contributed by atoms with Crippen LogP contribution in [0.15, 0.2) is 0 Å². The van der Waals surface area contributed by atoms with Crippen LogP contribution in [0.2, 0.25) is 0 Å². The van der Waals surface area contributed by atoms with Gasteiger partial charge >= 0.3 is 132 Å². The zero-order valence-corrected chi connectivity index (χ0v) is 23.5. The first-order chi connectivity index (χ1) is 15.2. The third kappa shape index (κ3) is 14.5. The van der Waals surface area contributed by atoms with Crippen LogP contribution in [-0.2, 0) is 28.7 Å². The quantitative estimate of drug-likeness (QED) is 0.380. The summed E-state index contributed by atoms with van der Waals surface area (Å²) < 4.78 is 11.5. The molecule has 5 heteroatoms. The monoisotopic (exact) mass is 539 g/mol. The zero-order valence-electron chi connectivity index (χ0n) is 20.6. The molecule has 1 aromatic rings. The fourth-order valence-electron chi connectivity index (χ4n) is 3.57. The van der Waals surface area contributed by atoms with Crippen molar-refractivity contribution in [1.82, 2.24) is 9.97 Å². The maximum absolute atomic E-state index is 5.07. The minimum absolute atomic E-state index is 1.00. The summed E-state index contributed by atoms with van der Waals surface area (Å²) in [6.45, 7) is 10.7. The summed E-state index contributed by atoms with van der Waals surface area (Å²) >= 11 is 1.45. The van der Waals surface area contributed by atoms with E-state index in [0.717, 1.165) is 45.1 Å². The van der Waals surface area contributed by atoms with Gasteiger partial charge in [-0.05, 0) is 38.5 Å². The maximum atomic E-state index is 5.07. The van der Waals surface area contributed by atoms with Gasteiger partial charge in [0.1, 0.15) is 0 Å². The molecule has 0 unspecified atom stereocenters. The van der Waals surface area contributed by atoms with Gasteiger partial charge in [0.05, 0.1) is 0 Å². The number of nitrogens with zero attached hydrogens (tertiary/aromatic N) is 2. The normalized spacial score (nSPS) is 16.0. The molecule has 2 saturated heterocycles. The summed E-state index contributed by atoms with van der Waals surface area (Å²) in [5.74, 6) is 1.08. The molecule has 3 rings (SSSR count). The molecule has 0 saturated carbocycles. The van der Waals surface area contributed by atoms with E-state index in [9.17, 15) is 0 Å². The van der Waals surface area contributed by atoms with E-state index < -0.39 is 0 Å². The van der Waals surface area contributed by atoms with Crippen molar-refractivity contribution in [1.29, 1.82) is 0 Å². The second-order valence-corrected chi connectivity index (χ2v) is 9.92. The van der Waals surface area contributed by atoms with Crippen molar-refractivity contribution >= 4 is 26.2 Å². The fraction of sp³-hybridized carbons (Fsp3) is 0.846. The van der Waals surface area contributed by atoms with Gasteiger partial charge in [0, 0.05) is 26.4 Å². The van der Waals surface area contributed by atoms with Crippen molar-refractivity contribution < 1.29 is 9.47 Å². The van der Waals surface area contributed by atoms with Gasteiger partial charge in [-0.1, -0.05) is 0 Å². The Bertz CT molecular complexity index is 511. The van der Waals surface area contributed by atoms with Gasteiger partial charge in [0.2, 0.25) is 0 Å². The second-order valence-electron chi connectivity index (χ2n) is 8.57. The SMILES string of the molecule is C1CCOCC1.C1CCOCC1.CCCCc1n[c]([Sn])c(CCCC)c(CCCC)n1. The fourth-order valence-corrected chi connectivity index (χ4v) is 4.71. The summed E-state index contributed by atoms with van der Waals surface area (Å²) in [6, 6.07) is 0. The van der Waals surface area contributed by atoms with Crippen molar-refractivity contribution in [3.63, 3.8) is 0 Å². The van der Waals surface area contributed by atoms with Crippen LogP contribution in [0.5, 0.6) is 0 Å². The summed E-state index contributed by atoms with van der Waals surface area (Å²) in [5.41, 5.74) is 2.82. The Morgan fingerprint density at radius 3 is 1.55 bits per heavy atom. The van der Waals surface area contributed by atoms with Crippen LogP contribution >= 0.6 is 0 Å². The number of aromatic nitrogens is 2. The van der Waals surface area contributed by atoms with Crippen molar-refractivity contribution in [3.8, 4) is 0 Å². The summed E-state index contributed by atoms with van der Waals surface area (Å²) in [7, 11) is 0. The number of aryl methyl sites for hydroxylation is 2. The summed E-state index contributed by atoms with van der Waals surface area (Å²) in [4.78, 5) is 9.63. The van der Waals surface area contributed by atoms with Gasteiger partial charge in [-0.25, -0.2) is 0 Å². The van der Waals surface area contributed by atoms with Crippen LogP contribution in [0, 0.1) is 0 Å². The van der Waals surface area contributed by atoms with E-state index in [0.29, 0.717) is 0 Å². The molecule has 0 aliphatic carbocycles. The van der Waals surface area contributed by atoms with Crippen LogP contribution in [-0.4, -0.2) is 58.9 Å². The first kappa shape index (κ1) is 28.8. The molecule has 0 N–H and O–H groups in total. The molecule has 3 heterocycles. The molecule has 1 aromatic heterocycles.